The highest BCUT2D eigenvalue weighted by atomic mass is 16.5. The van der Waals surface area contributed by atoms with E-state index in [9.17, 15) is 4.79 Å². The van der Waals surface area contributed by atoms with Gasteiger partial charge in [-0.15, -0.1) is 0 Å². The van der Waals surface area contributed by atoms with Crippen LogP contribution in [0, 0.1) is 5.41 Å². The average molecular weight is 358 g/mol. The molecule has 0 unspecified atom stereocenters. The Kier molecular flexibility index (Phi) is 4.87. The molecule has 1 aliphatic carbocycles. The van der Waals surface area contributed by atoms with Crippen LogP contribution >= 0.6 is 0 Å². The molecule has 6 heteroatoms. The third kappa shape index (κ3) is 3.71. The van der Waals surface area contributed by atoms with E-state index in [0.29, 0.717) is 30.0 Å². The molecule has 1 N–H and O–H groups in total. The largest absolute Gasteiger partial charge is 0.493 e. The first kappa shape index (κ1) is 17.4. The predicted octanol–water partition coefficient (Wildman–Crippen LogP) is 2.67. The number of carbonyl (C=O) groups is 1. The lowest BCUT2D eigenvalue weighted by Crippen LogP contribution is -2.43. The molecular weight excluding hydrogens is 332 g/mol. The lowest BCUT2D eigenvalue weighted by Gasteiger charge is -2.30. The van der Waals surface area contributed by atoms with Crippen molar-refractivity contribution in [3.63, 3.8) is 0 Å². The molecule has 1 amide bonds. The number of nitrogens with one attached hydrogen (secondary N) is 1. The molecule has 1 saturated carbocycles. The summed E-state index contributed by atoms with van der Waals surface area (Å²) >= 11 is 0. The highest BCUT2D eigenvalue weighted by molar-refractivity contribution is 5.99. The molecule has 2 aliphatic rings. The fourth-order valence-electron chi connectivity index (χ4n) is 3.62. The Morgan fingerprint density at radius 1 is 1.31 bits per heavy atom. The molecule has 1 saturated heterocycles. The second-order valence-electron chi connectivity index (χ2n) is 7.31. The van der Waals surface area contributed by atoms with Crippen molar-refractivity contribution in [1.82, 2.24) is 10.2 Å². The SMILES string of the molecule is CCOc1cc(C(=O)NCC2(CN3CCOCC3)CC2)cc2occc12. The zero-order chi connectivity index (χ0) is 18.0. The highest BCUT2D eigenvalue weighted by Crippen LogP contribution is 2.45. The second-order valence-corrected chi connectivity index (χ2v) is 7.31. The number of fused-ring (bicyclic) bond motifs is 1. The number of rotatable bonds is 7. The first-order chi connectivity index (χ1) is 12.7. The smallest absolute Gasteiger partial charge is 0.251 e. The number of hydrogen-bond donors (Lipinski definition) is 1. The van der Waals surface area contributed by atoms with E-state index in [2.05, 4.69) is 10.2 Å². The van der Waals surface area contributed by atoms with Crippen LogP contribution in [0.4, 0.5) is 0 Å². The zero-order valence-electron chi connectivity index (χ0n) is 15.3. The summed E-state index contributed by atoms with van der Waals surface area (Å²) in [6.07, 6.45) is 3.97. The van der Waals surface area contributed by atoms with E-state index < -0.39 is 0 Å². The summed E-state index contributed by atoms with van der Waals surface area (Å²) in [5.74, 6) is 0.621. The second kappa shape index (κ2) is 7.29. The number of carbonyl (C=O) groups excluding carboxylic acids is 1. The third-order valence-electron chi connectivity index (χ3n) is 5.34. The third-order valence-corrected chi connectivity index (χ3v) is 5.34. The number of amides is 1. The Morgan fingerprint density at radius 3 is 2.85 bits per heavy atom. The van der Waals surface area contributed by atoms with Crippen molar-refractivity contribution >= 4 is 16.9 Å². The van der Waals surface area contributed by atoms with Crippen molar-refractivity contribution in [1.29, 1.82) is 0 Å². The summed E-state index contributed by atoms with van der Waals surface area (Å²) in [5, 5.41) is 4.02. The molecule has 0 spiro atoms. The van der Waals surface area contributed by atoms with Gasteiger partial charge in [0.25, 0.3) is 5.91 Å². The average Bonchev–Trinajstić information content (AvgIpc) is 3.24. The molecule has 1 aromatic carbocycles. The Morgan fingerprint density at radius 2 is 2.12 bits per heavy atom. The van der Waals surface area contributed by atoms with Gasteiger partial charge in [-0.25, -0.2) is 0 Å². The van der Waals surface area contributed by atoms with E-state index >= 15 is 0 Å². The number of benzene rings is 1. The predicted molar refractivity (Wildman–Crippen MR) is 98.6 cm³/mol. The fraction of sp³-hybridized carbons (Fsp3) is 0.550. The monoisotopic (exact) mass is 358 g/mol. The lowest BCUT2D eigenvalue weighted by atomic mass is 10.1. The Balaban J connectivity index is 1.41. The van der Waals surface area contributed by atoms with Crippen molar-refractivity contribution in [2.45, 2.75) is 19.8 Å². The van der Waals surface area contributed by atoms with Gasteiger partial charge in [-0.05, 0) is 38.0 Å². The van der Waals surface area contributed by atoms with Gasteiger partial charge in [0.2, 0.25) is 0 Å². The normalized spacial score (nSPS) is 19.4. The number of furan rings is 1. The maximum atomic E-state index is 12.7. The van der Waals surface area contributed by atoms with Gasteiger partial charge in [0.1, 0.15) is 11.3 Å². The molecule has 0 radical (unpaired) electrons. The Bertz CT molecular complexity index is 775. The topological polar surface area (TPSA) is 63.9 Å². The van der Waals surface area contributed by atoms with Crippen molar-refractivity contribution in [3.8, 4) is 5.75 Å². The summed E-state index contributed by atoms with van der Waals surface area (Å²) in [6.45, 7) is 7.83. The van der Waals surface area contributed by atoms with Gasteiger partial charge >= 0.3 is 0 Å². The number of nitrogens with zero attached hydrogens (tertiary/aromatic N) is 1. The molecule has 2 aromatic rings. The zero-order valence-corrected chi connectivity index (χ0v) is 15.3. The quantitative estimate of drug-likeness (QED) is 0.824. The van der Waals surface area contributed by atoms with Crippen molar-refractivity contribution in [2.75, 3.05) is 46.0 Å². The van der Waals surface area contributed by atoms with Gasteiger partial charge in [-0.1, -0.05) is 0 Å². The molecular formula is C20H26N2O4. The summed E-state index contributed by atoms with van der Waals surface area (Å²) in [7, 11) is 0. The molecule has 1 aliphatic heterocycles. The minimum atomic E-state index is -0.0718. The van der Waals surface area contributed by atoms with Crippen LogP contribution in [0.15, 0.2) is 28.9 Å². The van der Waals surface area contributed by atoms with Crippen molar-refractivity contribution in [3.05, 3.63) is 30.0 Å². The summed E-state index contributed by atoms with van der Waals surface area (Å²) in [4.78, 5) is 15.1. The van der Waals surface area contributed by atoms with Crippen LogP contribution in [0.1, 0.15) is 30.1 Å². The van der Waals surface area contributed by atoms with Crippen LogP contribution in [0.3, 0.4) is 0 Å². The van der Waals surface area contributed by atoms with Crippen LogP contribution in [0.2, 0.25) is 0 Å². The van der Waals surface area contributed by atoms with Gasteiger partial charge < -0.3 is 19.2 Å². The van der Waals surface area contributed by atoms with Gasteiger partial charge in [-0.3, -0.25) is 9.69 Å². The maximum Gasteiger partial charge on any atom is 0.251 e. The van der Waals surface area contributed by atoms with Crippen molar-refractivity contribution < 1.29 is 18.7 Å². The van der Waals surface area contributed by atoms with E-state index in [1.807, 2.05) is 13.0 Å². The molecule has 26 heavy (non-hydrogen) atoms. The first-order valence-corrected chi connectivity index (χ1v) is 9.41. The fourth-order valence-corrected chi connectivity index (χ4v) is 3.62. The van der Waals surface area contributed by atoms with E-state index in [1.165, 1.54) is 12.8 Å². The standard InChI is InChI=1S/C20H26N2O4/c1-2-25-17-11-15(12-18-16(17)3-8-26-18)19(23)21-13-20(4-5-20)14-22-6-9-24-10-7-22/h3,8,11-12H,2,4-7,9-10,13-14H2,1H3,(H,21,23). The molecule has 0 atom stereocenters. The summed E-state index contributed by atoms with van der Waals surface area (Å²) in [5.41, 5.74) is 1.48. The molecule has 1 aromatic heterocycles. The molecule has 4 rings (SSSR count). The molecule has 0 bridgehead atoms. The maximum absolute atomic E-state index is 12.7. The van der Waals surface area contributed by atoms with Crippen LogP contribution in [0.25, 0.3) is 11.0 Å². The van der Waals surface area contributed by atoms with Crippen molar-refractivity contribution in [2.24, 2.45) is 5.41 Å². The number of morpholine rings is 1. The minimum Gasteiger partial charge on any atom is -0.493 e. The number of hydrogen-bond acceptors (Lipinski definition) is 5. The molecule has 140 valence electrons. The molecule has 2 heterocycles. The van der Waals surface area contributed by atoms with Gasteiger partial charge in [0.15, 0.2) is 0 Å². The summed E-state index contributed by atoms with van der Waals surface area (Å²) < 4.78 is 16.6. The van der Waals surface area contributed by atoms with E-state index in [4.69, 9.17) is 13.9 Å². The molecule has 6 nitrogen and oxygen atoms in total. The van der Waals surface area contributed by atoms with Crippen LogP contribution < -0.4 is 10.1 Å². The van der Waals surface area contributed by atoms with Crippen LogP contribution in [-0.4, -0.2) is 56.8 Å². The minimum absolute atomic E-state index is 0.0718. The van der Waals surface area contributed by atoms with Gasteiger partial charge in [0.05, 0.1) is 31.5 Å². The number of ether oxygens (including phenoxy) is 2. The molecule has 2 fully saturated rings. The first-order valence-electron chi connectivity index (χ1n) is 9.41. The Hall–Kier alpha value is -2.05. The van der Waals surface area contributed by atoms with Gasteiger partial charge in [-0.2, -0.15) is 0 Å². The Labute approximate surface area is 153 Å². The van der Waals surface area contributed by atoms with Crippen LogP contribution in [-0.2, 0) is 4.74 Å². The lowest BCUT2D eigenvalue weighted by molar-refractivity contribution is 0.0283. The van der Waals surface area contributed by atoms with E-state index in [0.717, 1.165) is 38.2 Å². The van der Waals surface area contributed by atoms with Crippen LogP contribution in [0.5, 0.6) is 5.75 Å². The van der Waals surface area contributed by atoms with E-state index in [-0.39, 0.29) is 11.3 Å². The highest BCUT2D eigenvalue weighted by Gasteiger charge is 2.44. The van der Waals surface area contributed by atoms with Gasteiger partial charge in [0, 0.05) is 37.2 Å². The van der Waals surface area contributed by atoms with E-state index in [1.54, 1.807) is 18.4 Å². The summed E-state index contributed by atoms with van der Waals surface area (Å²) in [6, 6.07) is 5.45.